The molecule has 0 atom stereocenters. The van der Waals surface area contributed by atoms with Crippen molar-refractivity contribution in [3.8, 4) is 17.2 Å². The molecule has 0 fully saturated rings. The van der Waals surface area contributed by atoms with Crippen LogP contribution >= 0.6 is 15.9 Å². The Bertz CT molecular complexity index is 1950. The number of ketones is 2. The predicted octanol–water partition coefficient (Wildman–Crippen LogP) is 9.34. The molecule has 0 saturated carbocycles. The zero-order valence-corrected chi connectivity index (χ0v) is 30.2. The third kappa shape index (κ3) is 6.68. The summed E-state index contributed by atoms with van der Waals surface area (Å²) in [6.45, 7) is 10.9. The van der Waals surface area contributed by atoms with Gasteiger partial charge in [0.1, 0.15) is 0 Å². The second-order valence-corrected chi connectivity index (χ2v) is 15.5. The van der Waals surface area contributed by atoms with Gasteiger partial charge in [-0.2, -0.15) is 0 Å². The highest BCUT2D eigenvalue weighted by Crippen LogP contribution is 2.56. The van der Waals surface area contributed by atoms with Gasteiger partial charge in [-0.1, -0.05) is 58.0 Å². The number of benzene rings is 3. The number of nitro benzene ring substituents is 2. The number of rotatable bonds is 9. The Morgan fingerprint density at radius 2 is 1.42 bits per heavy atom. The molecule has 0 amide bonds. The number of ether oxygens (including phenoxy) is 2. The lowest BCUT2D eigenvalue weighted by Gasteiger charge is -2.49. The second-order valence-electron chi connectivity index (χ2n) is 14.6. The van der Waals surface area contributed by atoms with Crippen molar-refractivity contribution in [1.29, 1.82) is 0 Å². The standard InChI is InChI=1S/C38H38BrN3O8/c1-6-49-32-15-23(14-25(39)36(32)50-31-13-12-24(41(45)46)16-26(31)42(47)48)33-34-27(17-37(2,3)19-29(34)43)40(21-22-10-8-7-9-11-22)28-18-38(4,5)20-30(44)35(28)33/h7-16,33H,6,17-21H2,1-5H3. The van der Waals surface area contributed by atoms with Crippen molar-refractivity contribution in [2.75, 3.05) is 6.61 Å². The van der Waals surface area contributed by atoms with Gasteiger partial charge in [-0.05, 0) is 75.9 Å². The Kier molecular flexibility index (Phi) is 9.19. The highest BCUT2D eigenvalue weighted by Gasteiger charge is 2.49. The maximum atomic E-state index is 14.3. The third-order valence-corrected chi connectivity index (χ3v) is 10.0. The predicted molar refractivity (Wildman–Crippen MR) is 190 cm³/mol. The molecule has 11 nitrogen and oxygen atoms in total. The molecule has 0 aromatic heterocycles. The summed E-state index contributed by atoms with van der Waals surface area (Å²) >= 11 is 3.59. The van der Waals surface area contributed by atoms with E-state index in [1.807, 2.05) is 18.2 Å². The molecule has 0 saturated heterocycles. The number of nitrogens with zero attached hydrogens (tertiary/aromatic N) is 3. The number of halogens is 1. The molecule has 1 heterocycles. The van der Waals surface area contributed by atoms with Gasteiger partial charge in [0.15, 0.2) is 23.1 Å². The van der Waals surface area contributed by atoms with Crippen LogP contribution in [0.4, 0.5) is 11.4 Å². The van der Waals surface area contributed by atoms with E-state index in [-0.39, 0.29) is 46.3 Å². The lowest BCUT2D eigenvalue weighted by molar-refractivity contribution is -0.394. The van der Waals surface area contributed by atoms with Crippen LogP contribution in [0.1, 0.15) is 77.3 Å². The summed E-state index contributed by atoms with van der Waals surface area (Å²) in [6, 6.07) is 16.7. The quantitative estimate of drug-likeness (QED) is 0.155. The van der Waals surface area contributed by atoms with Gasteiger partial charge in [0.2, 0.25) is 5.75 Å². The van der Waals surface area contributed by atoms with Gasteiger partial charge in [-0.25, -0.2) is 0 Å². The van der Waals surface area contributed by atoms with Gasteiger partial charge in [0.05, 0.1) is 27.0 Å². The molecule has 3 aromatic rings. The van der Waals surface area contributed by atoms with Gasteiger partial charge in [0.25, 0.3) is 5.69 Å². The van der Waals surface area contributed by atoms with E-state index in [4.69, 9.17) is 9.47 Å². The van der Waals surface area contributed by atoms with Crippen LogP contribution in [-0.2, 0) is 16.1 Å². The van der Waals surface area contributed by atoms with E-state index in [0.29, 0.717) is 53.4 Å². The van der Waals surface area contributed by atoms with E-state index in [1.165, 1.54) is 6.07 Å². The molecule has 2 aliphatic carbocycles. The van der Waals surface area contributed by atoms with Crippen molar-refractivity contribution in [3.05, 3.63) is 119 Å². The van der Waals surface area contributed by atoms with Crippen molar-refractivity contribution in [3.63, 3.8) is 0 Å². The number of nitro groups is 2. The van der Waals surface area contributed by atoms with Crippen molar-refractivity contribution in [2.45, 2.75) is 72.8 Å². The van der Waals surface area contributed by atoms with E-state index in [9.17, 15) is 29.8 Å². The minimum atomic E-state index is -0.747. The Balaban J connectivity index is 1.54. The summed E-state index contributed by atoms with van der Waals surface area (Å²) in [6.07, 6.45) is 1.95. The lowest BCUT2D eigenvalue weighted by Crippen LogP contribution is -2.44. The molecule has 12 heteroatoms. The van der Waals surface area contributed by atoms with E-state index in [2.05, 4.69) is 60.7 Å². The van der Waals surface area contributed by atoms with E-state index < -0.39 is 27.1 Å². The molecule has 0 N–H and O–H groups in total. The molecular formula is C38H38BrN3O8. The molecule has 260 valence electrons. The van der Waals surface area contributed by atoms with Gasteiger partial charge in [-0.3, -0.25) is 29.8 Å². The number of hydrogen-bond donors (Lipinski definition) is 0. The first-order chi connectivity index (χ1) is 23.6. The Morgan fingerprint density at radius 1 is 0.820 bits per heavy atom. The minimum Gasteiger partial charge on any atom is -0.490 e. The number of non-ortho nitro benzene ring substituents is 1. The molecule has 3 aromatic carbocycles. The third-order valence-electron chi connectivity index (χ3n) is 9.43. The van der Waals surface area contributed by atoms with Crippen molar-refractivity contribution in [1.82, 2.24) is 4.90 Å². The van der Waals surface area contributed by atoms with Crippen molar-refractivity contribution in [2.24, 2.45) is 10.8 Å². The number of Topliss-reactive ketones (excluding diaryl/α,β-unsaturated/α-hetero) is 2. The molecule has 0 radical (unpaired) electrons. The number of hydrogen-bond acceptors (Lipinski definition) is 9. The van der Waals surface area contributed by atoms with Gasteiger partial charge in [-0.15, -0.1) is 0 Å². The van der Waals surface area contributed by atoms with Crippen LogP contribution in [0.3, 0.4) is 0 Å². The van der Waals surface area contributed by atoms with Gasteiger partial charge < -0.3 is 14.4 Å². The Hall–Kier alpha value is -4.84. The Labute approximate surface area is 298 Å². The highest BCUT2D eigenvalue weighted by molar-refractivity contribution is 9.10. The number of carbonyl (C=O) groups excluding carboxylic acids is 2. The lowest BCUT2D eigenvalue weighted by atomic mass is 9.63. The molecular weight excluding hydrogens is 706 g/mol. The summed E-state index contributed by atoms with van der Waals surface area (Å²) in [5, 5.41) is 23.2. The Morgan fingerprint density at radius 3 is 1.96 bits per heavy atom. The van der Waals surface area contributed by atoms with Gasteiger partial charge >= 0.3 is 5.69 Å². The molecule has 0 spiro atoms. The molecule has 3 aliphatic rings. The second kappa shape index (κ2) is 13.1. The zero-order valence-electron chi connectivity index (χ0n) is 28.6. The zero-order chi connectivity index (χ0) is 36.1. The maximum Gasteiger partial charge on any atom is 0.318 e. The molecule has 6 rings (SSSR count). The maximum absolute atomic E-state index is 14.3. The van der Waals surface area contributed by atoms with Crippen LogP contribution < -0.4 is 9.47 Å². The first-order valence-electron chi connectivity index (χ1n) is 16.5. The average Bonchev–Trinajstić information content (AvgIpc) is 3.02. The van der Waals surface area contributed by atoms with Crippen LogP contribution in [0, 0.1) is 31.1 Å². The normalized spacial score (nSPS) is 18.5. The van der Waals surface area contributed by atoms with Gasteiger partial charge in [0, 0.05) is 53.9 Å². The molecule has 50 heavy (non-hydrogen) atoms. The minimum absolute atomic E-state index is 0.0144. The topological polar surface area (TPSA) is 142 Å². The molecule has 0 unspecified atom stereocenters. The van der Waals surface area contributed by atoms with E-state index in [1.54, 1.807) is 19.1 Å². The summed E-state index contributed by atoms with van der Waals surface area (Å²) < 4.78 is 12.5. The summed E-state index contributed by atoms with van der Waals surface area (Å²) in [4.78, 5) is 52.6. The van der Waals surface area contributed by atoms with E-state index in [0.717, 1.165) is 29.1 Å². The summed E-state index contributed by atoms with van der Waals surface area (Å²) in [7, 11) is 0. The summed E-state index contributed by atoms with van der Waals surface area (Å²) in [5.74, 6) is -0.567. The monoisotopic (exact) mass is 743 g/mol. The largest absolute Gasteiger partial charge is 0.490 e. The first-order valence-corrected chi connectivity index (χ1v) is 17.3. The number of carbonyl (C=O) groups is 2. The van der Waals surface area contributed by atoms with Crippen LogP contribution in [0.2, 0.25) is 0 Å². The number of allylic oxidation sites excluding steroid dienone is 4. The highest BCUT2D eigenvalue weighted by atomic mass is 79.9. The average molecular weight is 745 g/mol. The summed E-state index contributed by atoms with van der Waals surface area (Å²) in [5.41, 5.74) is 3.12. The SMILES string of the molecule is CCOc1cc(C2C3=C(CC(C)(C)CC3=O)N(Cc3ccccc3)C3=C2C(=O)CC(C)(C)C3)cc(Br)c1Oc1ccc([N+](=O)[O-])cc1[N+](=O)[O-]. The fourth-order valence-electron chi connectivity index (χ4n) is 7.41. The van der Waals surface area contributed by atoms with Crippen LogP contribution in [0.25, 0.3) is 0 Å². The first kappa shape index (κ1) is 35.0. The van der Waals surface area contributed by atoms with Crippen molar-refractivity contribution < 1.29 is 28.9 Å². The van der Waals surface area contributed by atoms with Crippen LogP contribution in [0.15, 0.2) is 87.7 Å². The molecule has 1 aliphatic heterocycles. The van der Waals surface area contributed by atoms with Crippen LogP contribution in [-0.4, -0.2) is 32.9 Å². The molecule has 0 bridgehead atoms. The smallest absolute Gasteiger partial charge is 0.318 e. The fraction of sp³-hybridized carbons (Fsp3) is 0.368. The van der Waals surface area contributed by atoms with E-state index >= 15 is 0 Å². The fourth-order valence-corrected chi connectivity index (χ4v) is 7.95. The van der Waals surface area contributed by atoms with Crippen LogP contribution in [0.5, 0.6) is 17.2 Å². The van der Waals surface area contributed by atoms with Crippen molar-refractivity contribution >= 4 is 38.9 Å².